The summed E-state index contributed by atoms with van der Waals surface area (Å²) in [6.45, 7) is 2.49. The molecule has 0 aliphatic carbocycles. The number of H-pyrrole nitrogens is 1. The molecule has 6 heteroatoms. The number of pyridine rings is 1. The van der Waals surface area contributed by atoms with Crippen LogP contribution in [-0.4, -0.2) is 35.2 Å². The first-order valence-electron chi connectivity index (χ1n) is 6.91. The molecule has 0 unspecified atom stereocenters. The second kappa shape index (κ2) is 5.61. The van der Waals surface area contributed by atoms with E-state index in [-0.39, 0.29) is 10.9 Å². The van der Waals surface area contributed by atoms with Crippen LogP contribution in [0, 0.1) is 11.2 Å². The zero-order valence-corrected chi connectivity index (χ0v) is 12.3. The lowest BCUT2D eigenvalue weighted by Crippen LogP contribution is -2.28. The molecule has 1 aliphatic rings. The molecule has 0 radical (unpaired) electrons. The minimum atomic E-state index is -0.461. The quantitative estimate of drug-likeness (QED) is 0.602. The van der Waals surface area contributed by atoms with Gasteiger partial charge in [-0.2, -0.15) is 0 Å². The van der Waals surface area contributed by atoms with Gasteiger partial charge in [0.25, 0.3) is 5.56 Å². The third kappa shape index (κ3) is 2.73. The van der Waals surface area contributed by atoms with E-state index in [0.29, 0.717) is 28.2 Å². The summed E-state index contributed by atoms with van der Waals surface area (Å²) >= 11 is 4.30. The van der Waals surface area contributed by atoms with Crippen molar-refractivity contribution in [2.75, 3.05) is 19.6 Å². The lowest BCUT2D eigenvalue weighted by atomic mass is 10.0. The Morgan fingerprint density at radius 1 is 1.33 bits per heavy atom. The highest BCUT2D eigenvalue weighted by molar-refractivity contribution is 7.80. The monoisotopic (exact) mass is 305 g/mol. The Labute approximate surface area is 126 Å². The molecule has 0 saturated carbocycles. The van der Waals surface area contributed by atoms with Crippen molar-refractivity contribution in [3.63, 3.8) is 0 Å². The normalized spacial score (nSPS) is 15.7. The average molecular weight is 305 g/mol. The van der Waals surface area contributed by atoms with Gasteiger partial charge in [0.2, 0.25) is 0 Å². The second-order valence-corrected chi connectivity index (χ2v) is 5.78. The molecule has 0 bridgehead atoms. The number of thiol groups is 1. The molecule has 2 aromatic rings. The van der Waals surface area contributed by atoms with Gasteiger partial charge >= 0.3 is 0 Å². The first-order valence-corrected chi connectivity index (χ1v) is 7.35. The van der Waals surface area contributed by atoms with Crippen molar-refractivity contribution in [1.82, 2.24) is 9.88 Å². The number of nitrogens with one attached hydrogen (secondary N) is 2. The van der Waals surface area contributed by atoms with Crippen molar-refractivity contribution in [3.8, 4) is 0 Å². The fraction of sp³-hybridized carbons (Fsp3) is 0.333. The van der Waals surface area contributed by atoms with Crippen molar-refractivity contribution >= 4 is 29.1 Å². The largest absolute Gasteiger partial charge is 0.316 e. The molecular weight excluding hydrogens is 289 g/mol. The van der Waals surface area contributed by atoms with Crippen molar-refractivity contribution in [3.05, 3.63) is 39.9 Å². The van der Waals surface area contributed by atoms with Crippen LogP contribution in [0.1, 0.15) is 18.4 Å². The number of benzene rings is 1. The van der Waals surface area contributed by atoms with E-state index in [1.807, 2.05) is 0 Å². The van der Waals surface area contributed by atoms with Gasteiger partial charge in [0, 0.05) is 12.1 Å². The third-order valence-electron chi connectivity index (χ3n) is 3.85. The maximum Gasteiger partial charge on any atom is 0.256 e. The smallest absolute Gasteiger partial charge is 0.256 e. The van der Waals surface area contributed by atoms with E-state index in [1.165, 1.54) is 12.1 Å². The predicted molar refractivity (Wildman–Crippen MR) is 84.3 cm³/mol. The van der Waals surface area contributed by atoms with Crippen molar-refractivity contribution in [2.24, 2.45) is 0 Å². The van der Waals surface area contributed by atoms with E-state index >= 15 is 0 Å². The summed E-state index contributed by atoms with van der Waals surface area (Å²) in [5, 5.41) is 9.54. The lowest BCUT2D eigenvalue weighted by Gasteiger charge is -2.17. The molecular formula is C15H16FN3OS. The van der Waals surface area contributed by atoms with Gasteiger partial charge in [-0.15, -0.1) is 12.6 Å². The van der Waals surface area contributed by atoms with E-state index in [2.05, 4.69) is 22.5 Å². The van der Waals surface area contributed by atoms with Gasteiger partial charge in [-0.25, -0.2) is 4.39 Å². The van der Waals surface area contributed by atoms with Gasteiger partial charge in [-0.3, -0.25) is 9.69 Å². The third-order valence-corrected chi connectivity index (χ3v) is 4.18. The van der Waals surface area contributed by atoms with Gasteiger partial charge in [-0.1, -0.05) is 6.07 Å². The molecule has 0 amide bonds. The van der Waals surface area contributed by atoms with Crippen LogP contribution in [0.25, 0.3) is 10.8 Å². The molecule has 110 valence electrons. The molecule has 2 heterocycles. The van der Waals surface area contributed by atoms with Crippen LogP contribution in [-0.2, 0) is 0 Å². The van der Waals surface area contributed by atoms with Crippen LogP contribution < -0.4 is 5.56 Å². The highest BCUT2D eigenvalue weighted by Crippen LogP contribution is 2.22. The van der Waals surface area contributed by atoms with Gasteiger partial charge in [0.1, 0.15) is 5.82 Å². The van der Waals surface area contributed by atoms with E-state index in [4.69, 9.17) is 5.41 Å². The molecule has 1 saturated heterocycles. The first-order chi connectivity index (χ1) is 10.1. The SMILES string of the molecule is N=C(CN1CCCC1)c1c(S)[nH]c(=O)c2cc(F)ccc12. The Hall–Kier alpha value is -1.66. The topological polar surface area (TPSA) is 60.0 Å². The van der Waals surface area contributed by atoms with Crippen LogP contribution in [0.2, 0.25) is 0 Å². The number of aromatic nitrogens is 1. The van der Waals surface area contributed by atoms with Crippen LogP contribution in [0.15, 0.2) is 28.0 Å². The van der Waals surface area contributed by atoms with E-state index in [0.717, 1.165) is 25.9 Å². The number of fused-ring (bicyclic) bond motifs is 1. The van der Waals surface area contributed by atoms with Crippen LogP contribution in [0.3, 0.4) is 0 Å². The number of rotatable bonds is 3. The standard InChI is InChI=1S/C15H16FN3OS/c16-9-3-4-10-11(7-9)14(20)18-15(21)13(10)12(17)8-19-5-1-2-6-19/h3-4,7,17H,1-2,5-6,8H2,(H2,18,20,21). The average Bonchev–Trinajstić information content (AvgIpc) is 2.92. The maximum atomic E-state index is 13.3. The molecule has 1 aromatic heterocycles. The van der Waals surface area contributed by atoms with E-state index in [1.54, 1.807) is 6.07 Å². The second-order valence-electron chi connectivity index (χ2n) is 5.33. The molecule has 2 N–H and O–H groups in total. The van der Waals surface area contributed by atoms with Crippen molar-refractivity contribution < 1.29 is 4.39 Å². The number of hydrogen-bond donors (Lipinski definition) is 3. The number of aromatic amines is 1. The summed E-state index contributed by atoms with van der Waals surface area (Å²) in [5.41, 5.74) is 0.599. The van der Waals surface area contributed by atoms with Gasteiger partial charge in [-0.05, 0) is 43.5 Å². The number of nitrogens with zero attached hydrogens (tertiary/aromatic N) is 1. The number of halogens is 1. The van der Waals surface area contributed by atoms with Crippen LogP contribution in [0.5, 0.6) is 0 Å². The fourth-order valence-electron chi connectivity index (χ4n) is 2.84. The minimum Gasteiger partial charge on any atom is -0.316 e. The van der Waals surface area contributed by atoms with E-state index < -0.39 is 5.82 Å². The molecule has 1 aliphatic heterocycles. The molecule has 0 spiro atoms. The van der Waals surface area contributed by atoms with Crippen molar-refractivity contribution in [1.29, 1.82) is 5.41 Å². The summed E-state index contributed by atoms with van der Waals surface area (Å²) in [5.74, 6) is -0.461. The molecule has 1 fully saturated rings. The zero-order chi connectivity index (χ0) is 15.0. The van der Waals surface area contributed by atoms with Gasteiger partial charge < -0.3 is 10.4 Å². The highest BCUT2D eigenvalue weighted by Gasteiger charge is 2.18. The number of hydrogen-bond acceptors (Lipinski definition) is 4. The Bertz CT molecular complexity index is 765. The molecule has 3 rings (SSSR count). The van der Waals surface area contributed by atoms with Crippen LogP contribution >= 0.6 is 12.6 Å². The predicted octanol–water partition coefficient (Wildman–Crippen LogP) is 2.42. The minimum absolute atomic E-state index is 0.258. The van der Waals surface area contributed by atoms with Gasteiger partial charge in [0.15, 0.2) is 0 Å². The Kier molecular flexibility index (Phi) is 3.82. The molecule has 21 heavy (non-hydrogen) atoms. The molecule has 4 nitrogen and oxygen atoms in total. The number of likely N-dealkylation sites (tertiary alicyclic amines) is 1. The van der Waals surface area contributed by atoms with Crippen LogP contribution in [0.4, 0.5) is 4.39 Å². The summed E-state index contributed by atoms with van der Waals surface area (Å²) in [7, 11) is 0. The highest BCUT2D eigenvalue weighted by atomic mass is 32.1. The summed E-state index contributed by atoms with van der Waals surface area (Å²) < 4.78 is 13.3. The molecule has 1 aromatic carbocycles. The first kappa shape index (κ1) is 14.3. The Morgan fingerprint density at radius 3 is 2.76 bits per heavy atom. The zero-order valence-electron chi connectivity index (χ0n) is 11.4. The summed E-state index contributed by atoms with van der Waals surface area (Å²) in [6, 6.07) is 4.06. The summed E-state index contributed by atoms with van der Waals surface area (Å²) in [4.78, 5) is 16.7. The molecule has 0 atom stereocenters. The Balaban J connectivity index is 2.08. The summed E-state index contributed by atoms with van der Waals surface area (Å²) in [6.07, 6.45) is 2.30. The van der Waals surface area contributed by atoms with Crippen molar-refractivity contribution in [2.45, 2.75) is 17.9 Å². The Morgan fingerprint density at radius 2 is 2.05 bits per heavy atom. The van der Waals surface area contributed by atoms with E-state index in [9.17, 15) is 9.18 Å². The maximum absolute atomic E-state index is 13.3. The fourth-order valence-corrected chi connectivity index (χ4v) is 3.19. The van der Waals surface area contributed by atoms with Gasteiger partial charge in [0.05, 0.1) is 16.1 Å². The lowest BCUT2D eigenvalue weighted by molar-refractivity contribution is 0.388.